The quantitative estimate of drug-likeness (QED) is 0.362. The number of carbonyl (C=O) groups is 2. The molecule has 0 spiro atoms. The first-order valence-electron chi connectivity index (χ1n) is 9.27. The van der Waals surface area contributed by atoms with Crippen molar-refractivity contribution >= 4 is 22.8 Å². The standard InChI is InChI=1S/C22H21NO7/c1-4-10-23-20(24)15-11-13-8-9-14(12-18(13)30-21(15)25)29-22(26)19-16(27-2)6-5-7-17(19)28-3/h5-9,11-12H,4,10H2,1-3H3,(H,23,24). The van der Waals surface area contributed by atoms with Gasteiger partial charge in [0.15, 0.2) is 0 Å². The zero-order valence-electron chi connectivity index (χ0n) is 16.8. The number of fused-ring (bicyclic) bond motifs is 1. The Hall–Kier alpha value is -3.81. The van der Waals surface area contributed by atoms with E-state index in [1.54, 1.807) is 24.3 Å². The summed E-state index contributed by atoms with van der Waals surface area (Å²) >= 11 is 0. The van der Waals surface area contributed by atoms with Gasteiger partial charge in [0, 0.05) is 18.0 Å². The summed E-state index contributed by atoms with van der Waals surface area (Å²) < 4.78 is 21.1. The number of rotatable bonds is 7. The molecule has 8 heteroatoms. The van der Waals surface area contributed by atoms with E-state index in [1.165, 1.54) is 32.4 Å². The average Bonchev–Trinajstić information content (AvgIpc) is 2.76. The SMILES string of the molecule is CCCNC(=O)c1cc2ccc(OC(=O)c3c(OC)cccc3OC)cc2oc1=O. The summed E-state index contributed by atoms with van der Waals surface area (Å²) in [6, 6.07) is 10.9. The van der Waals surface area contributed by atoms with E-state index in [-0.39, 0.29) is 22.5 Å². The first-order valence-corrected chi connectivity index (χ1v) is 9.27. The summed E-state index contributed by atoms with van der Waals surface area (Å²) in [4.78, 5) is 37.0. The van der Waals surface area contributed by atoms with E-state index in [0.717, 1.165) is 6.42 Å². The van der Waals surface area contributed by atoms with Crippen molar-refractivity contribution in [1.29, 1.82) is 0 Å². The lowest BCUT2D eigenvalue weighted by Gasteiger charge is -2.12. The number of ether oxygens (including phenoxy) is 3. The van der Waals surface area contributed by atoms with Crippen molar-refractivity contribution < 1.29 is 28.2 Å². The van der Waals surface area contributed by atoms with Gasteiger partial charge >= 0.3 is 11.6 Å². The summed E-state index contributed by atoms with van der Waals surface area (Å²) in [6.07, 6.45) is 0.746. The largest absolute Gasteiger partial charge is 0.496 e. The number of benzene rings is 2. The van der Waals surface area contributed by atoms with Crippen LogP contribution < -0.4 is 25.2 Å². The van der Waals surface area contributed by atoms with Crippen molar-refractivity contribution in [3.63, 3.8) is 0 Å². The molecule has 0 saturated heterocycles. The maximum atomic E-state index is 12.7. The van der Waals surface area contributed by atoms with Gasteiger partial charge in [-0.25, -0.2) is 9.59 Å². The Bertz CT molecular complexity index is 1130. The normalized spacial score (nSPS) is 10.5. The number of hydrogen-bond donors (Lipinski definition) is 1. The van der Waals surface area contributed by atoms with Crippen LogP contribution in [0.1, 0.15) is 34.1 Å². The van der Waals surface area contributed by atoms with Crippen LogP contribution in [0.4, 0.5) is 0 Å². The predicted octanol–water partition coefficient (Wildman–Crippen LogP) is 3.17. The van der Waals surface area contributed by atoms with Crippen LogP contribution in [0, 0.1) is 0 Å². The van der Waals surface area contributed by atoms with Gasteiger partial charge in [-0.1, -0.05) is 13.0 Å². The molecule has 2 aromatic carbocycles. The van der Waals surface area contributed by atoms with Crippen molar-refractivity contribution in [2.45, 2.75) is 13.3 Å². The highest BCUT2D eigenvalue weighted by Crippen LogP contribution is 2.30. The van der Waals surface area contributed by atoms with E-state index < -0.39 is 17.5 Å². The Labute approximate surface area is 172 Å². The van der Waals surface area contributed by atoms with E-state index in [2.05, 4.69) is 5.32 Å². The molecule has 1 N–H and O–H groups in total. The van der Waals surface area contributed by atoms with Crippen LogP contribution in [0.5, 0.6) is 17.2 Å². The van der Waals surface area contributed by atoms with Crippen molar-refractivity contribution in [2.75, 3.05) is 20.8 Å². The fraction of sp³-hybridized carbons (Fsp3) is 0.227. The van der Waals surface area contributed by atoms with Crippen molar-refractivity contribution in [3.8, 4) is 17.2 Å². The third-order valence-corrected chi connectivity index (χ3v) is 4.33. The van der Waals surface area contributed by atoms with Gasteiger partial charge in [-0.3, -0.25) is 4.79 Å². The number of esters is 1. The summed E-state index contributed by atoms with van der Waals surface area (Å²) in [6.45, 7) is 2.37. The monoisotopic (exact) mass is 411 g/mol. The van der Waals surface area contributed by atoms with Crippen LogP contribution in [0.3, 0.4) is 0 Å². The molecule has 0 radical (unpaired) electrons. The van der Waals surface area contributed by atoms with Crippen LogP contribution in [0.15, 0.2) is 51.7 Å². The Balaban J connectivity index is 1.91. The van der Waals surface area contributed by atoms with E-state index >= 15 is 0 Å². The molecule has 156 valence electrons. The molecule has 0 aliphatic heterocycles. The molecule has 3 rings (SSSR count). The van der Waals surface area contributed by atoms with Crippen LogP contribution in [-0.4, -0.2) is 32.6 Å². The molecular weight excluding hydrogens is 390 g/mol. The van der Waals surface area contributed by atoms with Crippen LogP contribution in [-0.2, 0) is 0 Å². The van der Waals surface area contributed by atoms with Gasteiger partial charge in [-0.15, -0.1) is 0 Å². The Kier molecular flexibility index (Phi) is 6.36. The molecule has 0 aliphatic rings. The van der Waals surface area contributed by atoms with Crippen molar-refractivity contribution in [3.05, 3.63) is 64.0 Å². The third kappa shape index (κ3) is 4.27. The van der Waals surface area contributed by atoms with E-state index in [1.807, 2.05) is 6.92 Å². The second kappa shape index (κ2) is 9.13. The highest BCUT2D eigenvalue weighted by Gasteiger charge is 2.21. The minimum Gasteiger partial charge on any atom is -0.496 e. The molecule has 8 nitrogen and oxygen atoms in total. The highest BCUT2D eigenvalue weighted by atomic mass is 16.5. The molecule has 1 heterocycles. The van der Waals surface area contributed by atoms with Crippen LogP contribution >= 0.6 is 0 Å². The molecular formula is C22H21NO7. The van der Waals surface area contributed by atoms with E-state index in [9.17, 15) is 14.4 Å². The predicted molar refractivity (Wildman–Crippen MR) is 110 cm³/mol. The highest BCUT2D eigenvalue weighted by molar-refractivity contribution is 5.98. The Morgan fingerprint density at radius 1 is 1.03 bits per heavy atom. The fourth-order valence-corrected chi connectivity index (χ4v) is 2.86. The second-order valence-electron chi connectivity index (χ2n) is 6.33. The zero-order valence-corrected chi connectivity index (χ0v) is 16.8. The minimum absolute atomic E-state index is 0.0838. The van der Waals surface area contributed by atoms with Crippen LogP contribution in [0.2, 0.25) is 0 Å². The molecule has 0 aliphatic carbocycles. The molecule has 0 saturated carbocycles. The van der Waals surface area contributed by atoms with Gasteiger partial charge in [0.2, 0.25) is 0 Å². The van der Waals surface area contributed by atoms with Crippen molar-refractivity contribution in [2.24, 2.45) is 0 Å². The number of methoxy groups -OCH3 is 2. The average molecular weight is 411 g/mol. The molecule has 0 bridgehead atoms. The lowest BCUT2D eigenvalue weighted by atomic mass is 10.1. The second-order valence-corrected chi connectivity index (χ2v) is 6.33. The van der Waals surface area contributed by atoms with Crippen molar-refractivity contribution in [1.82, 2.24) is 5.32 Å². The lowest BCUT2D eigenvalue weighted by molar-refractivity contribution is 0.0727. The molecule has 30 heavy (non-hydrogen) atoms. The van der Waals surface area contributed by atoms with Crippen LogP contribution in [0.25, 0.3) is 11.0 Å². The lowest BCUT2D eigenvalue weighted by Crippen LogP contribution is -2.28. The van der Waals surface area contributed by atoms with Gasteiger partial charge < -0.3 is 23.9 Å². The smallest absolute Gasteiger partial charge is 0.351 e. The molecule has 1 amide bonds. The molecule has 3 aromatic rings. The maximum absolute atomic E-state index is 12.7. The molecule has 0 unspecified atom stereocenters. The fourth-order valence-electron chi connectivity index (χ4n) is 2.86. The molecule has 1 aromatic heterocycles. The third-order valence-electron chi connectivity index (χ3n) is 4.33. The van der Waals surface area contributed by atoms with E-state index in [0.29, 0.717) is 23.4 Å². The minimum atomic E-state index is -0.772. The van der Waals surface area contributed by atoms with Gasteiger partial charge in [0.25, 0.3) is 5.91 Å². The Morgan fingerprint density at radius 3 is 2.37 bits per heavy atom. The summed E-state index contributed by atoms with van der Waals surface area (Å²) in [5, 5.41) is 3.16. The van der Waals surface area contributed by atoms with Gasteiger partial charge in [-0.2, -0.15) is 0 Å². The summed E-state index contributed by atoms with van der Waals surface area (Å²) in [5.41, 5.74) is -0.540. The first-order chi connectivity index (χ1) is 14.5. The topological polar surface area (TPSA) is 104 Å². The number of nitrogens with one attached hydrogen (secondary N) is 1. The maximum Gasteiger partial charge on any atom is 0.351 e. The number of hydrogen-bond acceptors (Lipinski definition) is 7. The Morgan fingerprint density at radius 2 is 1.73 bits per heavy atom. The summed E-state index contributed by atoms with van der Waals surface area (Å²) in [5.74, 6) is -0.427. The first kappa shape index (κ1) is 20.9. The van der Waals surface area contributed by atoms with Gasteiger partial charge in [0.1, 0.15) is 34.0 Å². The van der Waals surface area contributed by atoms with Gasteiger partial charge in [0.05, 0.1) is 14.2 Å². The summed E-state index contributed by atoms with van der Waals surface area (Å²) in [7, 11) is 2.87. The molecule has 0 fully saturated rings. The number of amides is 1. The zero-order chi connectivity index (χ0) is 21.7. The van der Waals surface area contributed by atoms with Gasteiger partial charge in [-0.05, 0) is 36.8 Å². The molecule has 0 atom stereocenters. The number of carbonyl (C=O) groups excluding carboxylic acids is 2. The van der Waals surface area contributed by atoms with E-state index in [4.69, 9.17) is 18.6 Å².